The molecule has 0 amide bonds. The van der Waals surface area contributed by atoms with Gasteiger partial charge in [0, 0.05) is 42.8 Å². The number of nitrogens with zero attached hydrogens (tertiary/aromatic N) is 3. The molecule has 1 fully saturated rings. The van der Waals surface area contributed by atoms with Crippen LogP contribution in [0, 0.1) is 6.92 Å². The molecule has 1 aliphatic rings. The van der Waals surface area contributed by atoms with Crippen LogP contribution in [0.25, 0.3) is 0 Å². The van der Waals surface area contributed by atoms with Crippen molar-refractivity contribution in [3.63, 3.8) is 0 Å². The second-order valence-corrected chi connectivity index (χ2v) is 8.69. The fourth-order valence-electron chi connectivity index (χ4n) is 2.58. The fourth-order valence-corrected chi connectivity index (χ4v) is 5.02. The number of thiazole rings is 1. The van der Waals surface area contributed by atoms with E-state index < -0.39 is 10.0 Å². The highest BCUT2D eigenvalue weighted by molar-refractivity contribution is 7.89. The number of rotatable bonds is 3. The Morgan fingerprint density at radius 3 is 2.74 bits per heavy atom. The summed E-state index contributed by atoms with van der Waals surface area (Å²) >= 11 is 7.66. The first-order valence-electron chi connectivity index (χ1n) is 7.39. The SMILES string of the molecule is Cc1ccc(S(=O)(=O)N2CCCN(c3nccs3)CC2)cc1Cl. The van der Waals surface area contributed by atoms with Gasteiger partial charge in [-0.2, -0.15) is 4.31 Å². The molecule has 1 saturated heterocycles. The highest BCUT2D eigenvalue weighted by Gasteiger charge is 2.27. The summed E-state index contributed by atoms with van der Waals surface area (Å²) in [7, 11) is -3.51. The number of halogens is 1. The van der Waals surface area contributed by atoms with Crippen molar-refractivity contribution in [3.05, 3.63) is 40.4 Å². The van der Waals surface area contributed by atoms with Gasteiger partial charge in [-0.1, -0.05) is 17.7 Å². The topological polar surface area (TPSA) is 53.5 Å². The molecule has 0 aliphatic carbocycles. The van der Waals surface area contributed by atoms with Gasteiger partial charge in [0.1, 0.15) is 0 Å². The summed E-state index contributed by atoms with van der Waals surface area (Å²) in [5.74, 6) is 0. The van der Waals surface area contributed by atoms with Gasteiger partial charge in [0.2, 0.25) is 10.0 Å². The first-order valence-corrected chi connectivity index (χ1v) is 10.1. The molecule has 23 heavy (non-hydrogen) atoms. The minimum Gasteiger partial charge on any atom is -0.347 e. The predicted octanol–water partition coefficient (Wildman–Crippen LogP) is 3.01. The van der Waals surface area contributed by atoms with Crippen LogP contribution in [0.4, 0.5) is 5.13 Å². The second-order valence-electron chi connectivity index (χ2n) is 5.47. The summed E-state index contributed by atoms with van der Waals surface area (Å²) < 4.78 is 27.2. The van der Waals surface area contributed by atoms with E-state index >= 15 is 0 Å². The van der Waals surface area contributed by atoms with Crippen LogP contribution in [-0.2, 0) is 10.0 Å². The van der Waals surface area contributed by atoms with Gasteiger partial charge in [0.25, 0.3) is 0 Å². The molecule has 1 aromatic carbocycles. The van der Waals surface area contributed by atoms with E-state index in [1.165, 1.54) is 6.07 Å². The lowest BCUT2D eigenvalue weighted by Crippen LogP contribution is -2.35. The Balaban J connectivity index is 1.79. The van der Waals surface area contributed by atoms with Crippen LogP contribution in [0.5, 0.6) is 0 Å². The minimum atomic E-state index is -3.51. The zero-order valence-electron chi connectivity index (χ0n) is 12.8. The lowest BCUT2D eigenvalue weighted by molar-refractivity contribution is 0.433. The first-order chi connectivity index (χ1) is 11.0. The molecule has 8 heteroatoms. The van der Waals surface area contributed by atoms with Gasteiger partial charge in [0.05, 0.1) is 4.90 Å². The number of aryl methyl sites for hydroxylation is 1. The van der Waals surface area contributed by atoms with Crippen LogP contribution in [-0.4, -0.2) is 43.9 Å². The first kappa shape index (κ1) is 16.7. The molecule has 1 aromatic heterocycles. The van der Waals surface area contributed by atoms with E-state index in [0.29, 0.717) is 24.7 Å². The van der Waals surface area contributed by atoms with Crippen molar-refractivity contribution in [2.24, 2.45) is 0 Å². The zero-order valence-corrected chi connectivity index (χ0v) is 15.2. The zero-order chi connectivity index (χ0) is 16.4. The Bertz CT molecular complexity index is 778. The van der Waals surface area contributed by atoms with Crippen molar-refractivity contribution in [2.75, 3.05) is 31.1 Å². The van der Waals surface area contributed by atoms with Crippen molar-refractivity contribution in [1.82, 2.24) is 9.29 Å². The van der Waals surface area contributed by atoms with E-state index in [2.05, 4.69) is 9.88 Å². The molecule has 0 N–H and O–H groups in total. The maximum absolute atomic E-state index is 12.8. The molecule has 0 bridgehead atoms. The predicted molar refractivity (Wildman–Crippen MR) is 93.9 cm³/mol. The minimum absolute atomic E-state index is 0.260. The summed E-state index contributed by atoms with van der Waals surface area (Å²) in [4.78, 5) is 6.71. The van der Waals surface area contributed by atoms with Gasteiger partial charge in [-0.25, -0.2) is 13.4 Å². The molecule has 2 heterocycles. The van der Waals surface area contributed by atoms with E-state index in [4.69, 9.17) is 11.6 Å². The maximum Gasteiger partial charge on any atom is 0.243 e. The molecule has 0 spiro atoms. The monoisotopic (exact) mass is 371 g/mol. The molecule has 0 unspecified atom stereocenters. The van der Waals surface area contributed by atoms with Crippen LogP contribution in [0.3, 0.4) is 0 Å². The summed E-state index contributed by atoms with van der Waals surface area (Å²) in [6.45, 7) is 4.28. The molecular weight excluding hydrogens is 354 g/mol. The standard InChI is InChI=1S/C15H18ClN3O2S2/c1-12-3-4-13(11-14(12)16)23(20,21)19-7-2-6-18(8-9-19)15-17-5-10-22-15/h3-5,10-11H,2,6-9H2,1H3. The third-order valence-corrected chi connectivity index (χ3v) is 7.06. The summed E-state index contributed by atoms with van der Waals surface area (Å²) in [6, 6.07) is 4.91. The van der Waals surface area contributed by atoms with Gasteiger partial charge < -0.3 is 4.90 Å². The third kappa shape index (κ3) is 3.52. The van der Waals surface area contributed by atoms with Crippen molar-refractivity contribution >= 4 is 38.1 Å². The number of anilines is 1. The summed E-state index contributed by atoms with van der Waals surface area (Å²) in [6.07, 6.45) is 2.55. The Kier molecular flexibility index (Phi) is 4.91. The van der Waals surface area contributed by atoms with E-state index in [1.54, 1.807) is 34.0 Å². The number of hydrogen-bond donors (Lipinski definition) is 0. The van der Waals surface area contributed by atoms with Crippen LogP contribution in [0.2, 0.25) is 5.02 Å². The normalized spacial score (nSPS) is 17.2. The smallest absolute Gasteiger partial charge is 0.243 e. The van der Waals surface area contributed by atoms with E-state index in [0.717, 1.165) is 23.7 Å². The van der Waals surface area contributed by atoms with Crippen molar-refractivity contribution < 1.29 is 8.42 Å². The molecule has 0 radical (unpaired) electrons. The van der Waals surface area contributed by atoms with Gasteiger partial charge in [0.15, 0.2) is 5.13 Å². The molecule has 2 aromatic rings. The van der Waals surface area contributed by atoms with E-state index in [1.807, 2.05) is 12.3 Å². The third-order valence-electron chi connectivity index (χ3n) is 3.93. The van der Waals surface area contributed by atoms with Gasteiger partial charge in [-0.05, 0) is 31.0 Å². The fraction of sp³-hybridized carbons (Fsp3) is 0.400. The number of aromatic nitrogens is 1. The molecular formula is C15H18ClN3O2S2. The van der Waals surface area contributed by atoms with Gasteiger partial charge in [-0.15, -0.1) is 11.3 Å². The average Bonchev–Trinajstić information content (AvgIpc) is 2.94. The Hall–Kier alpha value is -1.15. The summed E-state index contributed by atoms with van der Waals surface area (Å²) in [5, 5.41) is 3.36. The number of sulfonamides is 1. The van der Waals surface area contributed by atoms with Gasteiger partial charge in [-0.3, -0.25) is 0 Å². The van der Waals surface area contributed by atoms with Crippen LogP contribution >= 0.6 is 22.9 Å². The van der Waals surface area contributed by atoms with Crippen LogP contribution < -0.4 is 4.90 Å². The quantitative estimate of drug-likeness (QED) is 0.832. The lowest BCUT2D eigenvalue weighted by atomic mass is 10.2. The highest BCUT2D eigenvalue weighted by Crippen LogP contribution is 2.25. The van der Waals surface area contributed by atoms with Crippen LogP contribution in [0.15, 0.2) is 34.7 Å². The lowest BCUT2D eigenvalue weighted by Gasteiger charge is -2.21. The van der Waals surface area contributed by atoms with Crippen molar-refractivity contribution in [1.29, 1.82) is 0 Å². The molecule has 124 valence electrons. The number of benzene rings is 1. The van der Waals surface area contributed by atoms with Gasteiger partial charge >= 0.3 is 0 Å². The van der Waals surface area contributed by atoms with Crippen molar-refractivity contribution in [3.8, 4) is 0 Å². The van der Waals surface area contributed by atoms with E-state index in [-0.39, 0.29) is 4.90 Å². The average molecular weight is 372 g/mol. The second kappa shape index (κ2) is 6.76. The van der Waals surface area contributed by atoms with Crippen molar-refractivity contribution in [2.45, 2.75) is 18.2 Å². The van der Waals surface area contributed by atoms with E-state index in [9.17, 15) is 8.42 Å². The number of hydrogen-bond acceptors (Lipinski definition) is 5. The maximum atomic E-state index is 12.8. The molecule has 0 saturated carbocycles. The molecule has 1 aliphatic heterocycles. The molecule has 0 atom stereocenters. The Morgan fingerprint density at radius 2 is 2.04 bits per heavy atom. The Labute approximate surface area is 145 Å². The molecule has 3 rings (SSSR count). The largest absolute Gasteiger partial charge is 0.347 e. The molecule has 5 nitrogen and oxygen atoms in total. The Morgan fingerprint density at radius 1 is 1.22 bits per heavy atom. The van der Waals surface area contributed by atoms with Crippen LogP contribution in [0.1, 0.15) is 12.0 Å². The summed E-state index contributed by atoms with van der Waals surface area (Å²) in [5.41, 5.74) is 0.872. The highest BCUT2D eigenvalue weighted by atomic mass is 35.5.